The second kappa shape index (κ2) is 8.99. The van der Waals surface area contributed by atoms with E-state index in [0.717, 1.165) is 22.9 Å². The Morgan fingerprint density at radius 1 is 1.17 bits per heavy atom. The fraction of sp³-hybridized carbons (Fsp3) is 0.316. The van der Waals surface area contributed by atoms with Gasteiger partial charge in [-0.3, -0.25) is 4.79 Å². The van der Waals surface area contributed by atoms with Gasteiger partial charge in [-0.2, -0.15) is 0 Å². The highest BCUT2D eigenvalue weighted by molar-refractivity contribution is 7.99. The van der Waals surface area contributed by atoms with Crippen LogP contribution in [0.4, 0.5) is 5.69 Å². The van der Waals surface area contributed by atoms with Gasteiger partial charge in [0.1, 0.15) is 0 Å². The van der Waals surface area contributed by atoms with Crippen molar-refractivity contribution in [2.24, 2.45) is 0 Å². The molecule has 1 atom stereocenters. The maximum Gasteiger partial charge on any atom is 0.234 e. The van der Waals surface area contributed by atoms with Crippen LogP contribution in [0.3, 0.4) is 0 Å². The molecule has 0 aliphatic heterocycles. The Bertz CT molecular complexity index is 642. The average Bonchev–Trinajstić information content (AvgIpc) is 2.56. The third-order valence-electron chi connectivity index (χ3n) is 3.79. The number of hydrogen-bond donors (Lipinski definition) is 1. The number of halogens is 1. The minimum Gasteiger partial charge on any atom is -0.325 e. The molecule has 1 amide bonds. The molecule has 0 radical (unpaired) electrons. The second-order valence-corrected chi connectivity index (χ2v) is 6.99. The summed E-state index contributed by atoms with van der Waals surface area (Å²) < 4.78 is 0. The molecule has 1 N–H and O–H groups in total. The van der Waals surface area contributed by atoms with Crippen LogP contribution in [-0.4, -0.2) is 11.7 Å². The predicted molar refractivity (Wildman–Crippen MR) is 101 cm³/mol. The number of benzene rings is 2. The lowest BCUT2D eigenvalue weighted by Crippen LogP contribution is -2.16. The van der Waals surface area contributed by atoms with E-state index >= 15 is 0 Å². The van der Waals surface area contributed by atoms with Gasteiger partial charge in [-0.05, 0) is 41.7 Å². The fourth-order valence-corrected chi connectivity index (χ4v) is 3.20. The van der Waals surface area contributed by atoms with E-state index < -0.39 is 0 Å². The molecule has 2 aromatic rings. The molecule has 0 fully saturated rings. The molecule has 0 aliphatic carbocycles. The molecule has 1 unspecified atom stereocenters. The lowest BCUT2D eigenvalue weighted by molar-refractivity contribution is -0.113. The summed E-state index contributed by atoms with van der Waals surface area (Å²) >= 11 is 7.47. The van der Waals surface area contributed by atoms with Crippen molar-refractivity contribution >= 4 is 35.0 Å². The highest BCUT2D eigenvalue weighted by Crippen LogP contribution is 2.26. The highest BCUT2D eigenvalue weighted by atomic mass is 35.5. The van der Waals surface area contributed by atoms with Gasteiger partial charge in [-0.1, -0.05) is 55.8 Å². The molecule has 0 spiro atoms. The molecule has 0 bridgehead atoms. The summed E-state index contributed by atoms with van der Waals surface area (Å²) in [4.78, 5) is 12.2. The minimum atomic E-state index is 0.0414. The molecule has 0 saturated carbocycles. The zero-order valence-electron chi connectivity index (χ0n) is 13.5. The standard InChI is InChI=1S/C19H22ClNOS/c1-3-14(2)17-6-4-5-7-18(17)21-19(22)13-23-12-15-8-10-16(20)11-9-15/h4-11,14H,3,12-13H2,1-2H3,(H,21,22). The molecule has 0 heterocycles. The van der Waals surface area contributed by atoms with Gasteiger partial charge in [0, 0.05) is 16.5 Å². The normalized spacial score (nSPS) is 12.0. The zero-order valence-corrected chi connectivity index (χ0v) is 15.1. The SMILES string of the molecule is CCC(C)c1ccccc1NC(=O)CSCc1ccc(Cl)cc1. The Hall–Kier alpha value is -1.45. The Kier molecular flexibility index (Phi) is 7.00. The zero-order chi connectivity index (χ0) is 16.7. The smallest absolute Gasteiger partial charge is 0.234 e. The molecule has 2 nitrogen and oxygen atoms in total. The molecule has 0 saturated heterocycles. The maximum atomic E-state index is 12.2. The van der Waals surface area contributed by atoms with Crippen LogP contribution >= 0.6 is 23.4 Å². The third kappa shape index (κ3) is 5.60. The number of carbonyl (C=O) groups is 1. The summed E-state index contributed by atoms with van der Waals surface area (Å²) in [7, 11) is 0. The number of hydrogen-bond acceptors (Lipinski definition) is 2. The van der Waals surface area contributed by atoms with Crippen molar-refractivity contribution in [2.45, 2.75) is 31.9 Å². The van der Waals surface area contributed by atoms with Crippen molar-refractivity contribution in [3.63, 3.8) is 0 Å². The summed E-state index contributed by atoms with van der Waals surface area (Å²) in [5, 5.41) is 3.77. The van der Waals surface area contributed by atoms with Crippen molar-refractivity contribution in [2.75, 3.05) is 11.1 Å². The highest BCUT2D eigenvalue weighted by Gasteiger charge is 2.11. The first-order chi connectivity index (χ1) is 11.1. The maximum absolute atomic E-state index is 12.2. The number of para-hydroxylation sites is 1. The third-order valence-corrected chi connectivity index (χ3v) is 5.05. The first-order valence-corrected chi connectivity index (χ1v) is 9.34. The van der Waals surface area contributed by atoms with E-state index in [-0.39, 0.29) is 5.91 Å². The van der Waals surface area contributed by atoms with E-state index in [1.54, 1.807) is 11.8 Å². The molecule has 0 aromatic heterocycles. The summed E-state index contributed by atoms with van der Waals surface area (Å²) in [5.74, 6) is 1.72. The quantitative estimate of drug-likeness (QED) is 0.693. The fourth-order valence-electron chi connectivity index (χ4n) is 2.29. The number of amides is 1. The van der Waals surface area contributed by atoms with Crippen LogP contribution in [0.2, 0.25) is 5.02 Å². The number of nitrogens with one attached hydrogen (secondary N) is 1. The molecule has 0 aliphatic rings. The Morgan fingerprint density at radius 2 is 1.87 bits per heavy atom. The summed E-state index contributed by atoms with van der Waals surface area (Å²) in [6, 6.07) is 15.8. The first-order valence-electron chi connectivity index (χ1n) is 7.81. The Labute approximate surface area is 147 Å². The molecule has 23 heavy (non-hydrogen) atoms. The number of carbonyl (C=O) groups excluding carboxylic acids is 1. The molecule has 2 aromatic carbocycles. The minimum absolute atomic E-state index is 0.0414. The van der Waals surface area contributed by atoms with Crippen LogP contribution in [0.1, 0.15) is 37.3 Å². The van der Waals surface area contributed by atoms with E-state index in [9.17, 15) is 4.79 Å². The van der Waals surface area contributed by atoms with Gasteiger partial charge < -0.3 is 5.32 Å². The van der Waals surface area contributed by atoms with Gasteiger partial charge in [-0.15, -0.1) is 11.8 Å². The summed E-state index contributed by atoms with van der Waals surface area (Å²) in [6.07, 6.45) is 1.05. The van der Waals surface area contributed by atoms with E-state index in [1.165, 1.54) is 11.1 Å². The van der Waals surface area contributed by atoms with Gasteiger partial charge in [0.05, 0.1) is 5.75 Å². The molecule has 4 heteroatoms. The van der Waals surface area contributed by atoms with Crippen LogP contribution in [0.25, 0.3) is 0 Å². The van der Waals surface area contributed by atoms with Gasteiger partial charge >= 0.3 is 0 Å². The van der Waals surface area contributed by atoms with E-state index in [0.29, 0.717) is 11.7 Å². The van der Waals surface area contributed by atoms with Gasteiger partial charge in [-0.25, -0.2) is 0 Å². The van der Waals surface area contributed by atoms with Crippen LogP contribution in [-0.2, 0) is 10.5 Å². The molecular weight excluding hydrogens is 326 g/mol. The van der Waals surface area contributed by atoms with Crippen molar-refractivity contribution in [1.29, 1.82) is 0 Å². The average molecular weight is 348 g/mol. The van der Waals surface area contributed by atoms with Gasteiger partial charge in [0.25, 0.3) is 0 Å². The van der Waals surface area contributed by atoms with Crippen LogP contribution in [0.15, 0.2) is 48.5 Å². The van der Waals surface area contributed by atoms with E-state index in [2.05, 4.69) is 25.2 Å². The summed E-state index contributed by atoms with van der Waals surface area (Å²) in [5.41, 5.74) is 3.30. The monoisotopic (exact) mass is 347 g/mol. The lowest BCUT2D eigenvalue weighted by atomic mass is 9.97. The van der Waals surface area contributed by atoms with E-state index in [1.807, 2.05) is 42.5 Å². The predicted octanol–water partition coefficient (Wildman–Crippen LogP) is 5.73. The van der Waals surface area contributed by atoms with Crippen molar-refractivity contribution in [1.82, 2.24) is 0 Å². The second-order valence-electron chi connectivity index (χ2n) is 5.56. The van der Waals surface area contributed by atoms with Crippen LogP contribution in [0, 0.1) is 0 Å². The van der Waals surface area contributed by atoms with Gasteiger partial charge in [0.15, 0.2) is 0 Å². The number of rotatable bonds is 7. The lowest BCUT2D eigenvalue weighted by Gasteiger charge is -2.15. The van der Waals surface area contributed by atoms with Crippen LogP contribution < -0.4 is 5.32 Å². The molecule has 2 rings (SSSR count). The largest absolute Gasteiger partial charge is 0.325 e. The van der Waals surface area contributed by atoms with E-state index in [4.69, 9.17) is 11.6 Å². The molecule has 122 valence electrons. The number of anilines is 1. The Morgan fingerprint density at radius 3 is 2.57 bits per heavy atom. The molecular formula is C19H22ClNOS. The van der Waals surface area contributed by atoms with Crippen molar-refractivity contribution in [3.05, 3.63) is 64.7 Å². The Balaban J connectivity index is 1.86. The first kappa shape index (κ1) is 17.9. The van der Waals surface area contributed by atoms with Crippen LogP contribution in [0.5, 0.6) is 0 Å². The summed E-state index contributed by atoms with van der Waals surface area (Å²) in [6.45, 7) is 4.34. The topological polar surface area (TPSA) is 29.1 Å². The van der Waals surface area contributed by atoms with Gasteiger partial charge in [0.2, 0.25) is 5.91 Å². The van der Waals surface area contributed by atoms with Crippen molar-refractivity contribution in [3.8, 4) is 0 Å². The number of thioether (sulfide) groups is 1. The van der Waals surface area contributed by atoms with Crippen molar-refractivity contribution < 1.29 is 4.79 Å².